The predicted molar refractivity (Wildman–Crippen MR) is 113 cm³/mol. The Morgan fingerprint density at radius 1 is 0.871 bits per heavy atom. The van der Waals surface area contributed by atoms with Gasteiger partial charge in [0.15, 0.2) is 12.4 Å². The summed E-state index contributed by atoms with van der Waals surface area (Å²) in [4.78, 5) is 43.5. The summed E-state index contributed by atoms with van der Waals surface area (Å²) in [7, 11) is 0. The van der Waals surface area contributed by atoms with E-state index in [1.165, 1.54) is 24.3 Å². The normalized spacial score (nSPS) is 10.6. The van der Waals surface area contributed by atoms with Crippen LogP contribution in [0, 0.1) is 10.1 Å². The van der Waals surface area contributed by atoms with E-state index in [-0.39, 0.29) is 16.8 Å². The molecule has 1 heterocycles. The molecule has 0 radical (unpaired) electrons. The van der Waals surface area contributed by atoms with E-state index < -0.39 is 23.3 Å². The number of carbonyl (C=O) groups is 2. The molecule has 0 spiro atoms. The lowest BCUT2D eigenvalue weighted by atomic mass is 10.1. The Balaban J connectivity index is 1.40. The van der Waals surface area contributed by atoms with Gasteiger partial charge in [-0.1, -0.05) is 24.3 Å². The first-order chi connectivity index (χ1) is 15.0. The van der Waals surface area contributed by atoms with Gasteiger partial charge >= 0.3 is 5.97 Å². The average molecular weight is 413 g/mol. The number of aromatic nitrogens is 2. The zero-order valence-corrected chi connectivity index (χ0v) is 16.1. The van der Waals surface area contributed by atoms with Crippen LogP contribution >= 0.6 is 0 Å². The maximum absolute atomic E-state index is 12.3. The third-order valence-electron chi connectivity index (χ3n) is 4.60. The quantitative estimate of drug-likeness (QED) is 0.201. The third-order valence-corrected chi connectivity index (χ3v) is 4.60. The van der Waals surface area contributed by atoms with E-state index in [0.717, 1.165) is 16.6 Å². The van der Waals surface area contributed by atoms with Crippen molar-refractivity contribution in [1.29, 1.82) is 0 Å². The van der Waals surface area contributed by atoms with Crippen LogP contribution in [0.5, 0.6) is 0 Å². The van der Waals surface area contributed by atoms with Crippen molar-refractivity contribution in [2.45, 2.75) is 0 Å². The number of hydrogen-bond donors (Lipinski definition) is 0. The second-order valence-corrected chi connectivity index (χ2v) is 6.62. The lowest BCUT2D eigenvalue weighted by molar-refractivity contribution is -0.384. The topological polar surface area (TPSA) is 112 Å². The number of para-hydroxylation sites is 2. The van der Waals surface area contributed by atoms with Gasteiger partial charge in [0.1, 0.15) is 0 Å². The van der Waals surface area contributed by atoms with Crippen molar-refractivity contribution in [1.82, 2.24) is 9.97 Å². The summed E-state index contributed by atoms with van der Waals surface area (Å²) in [5.74, 6) is -1.10. The van der Waals surface area contributed by atoms with Crippen LogP contribution in [0.3, 0.4) is 0 Å². The summed E-state index contributed by atoms with van der Waals surface area (Å²) in [6.07, 6.45) is 1.67. The van der Waals surface area contributed by atoms with E-state index in [1.54, 1.807) is 30.5 Å². The van der Waals surface area contributed by atoms with E-state index in [4.69, 9.17) is 4.74 Å². The minimum Gasteiger partial charge on any atom is -0.454 e. The number of ketones is 1. The molecule has 0 saturated carbocycles. The molecule has 8 heteroatoms. The van der Waals surface area contributed by atoms with Crippen molar-refractivity contribution in [2.24, 2.45) is 0 Å². The summed E-state index contributed by atoms with van der Waals surface area (Å²) in [6, 6.07) is 19.3. The molecule has 3 aromatic carbocycles. The predicted octanol–water partition coefficient (Wildman–Crippen LogP) is 4.24. The van der Waals surface area contributed by atoms with Gasteiger partial charge in [0.05, 0.1) is 33.4 Å². The van der Waals surface area contributed by atoms with Crippen molar-refractivity contribution in [3.63, 3.8) is 0 Å². The number of Topliss-reactive ketones (excluding diaryl/α,β-unsaturated/α-hetero) is 1. The van der Waals surface area contributed by atoms with Crippen LogP contribution in [0.15, 0.2) is 79.0 Å². The number of esters is 1. The molecular weight excluding hydrogens is 398 g/mol. The van der Waals surface area contributed by atoms with Crippen LogP contribution in [-0.2, 0) is 4.74 Å². The Hall–Kier alpha value is -4.46. The lowest BCUT2D eigenvalue weighted by Gasteiger charge is -2.06. The van der Waals surface area contributed by atoms with E-state index >= 15 is 0 Å². The van der Waals surface area contributed by atoms with E-state index in [0.29, 0.717) is 5.69 Å². The van der Waals surface area contributed by atoms with Crippen LogP contribution in [0.4, 0.5) is 5.69 Å². The summed E-state index contributed by atoms with van der Waals surface area (Å²) < 4.78 is 5.07. The van der Waals surface area contributed by atoms with Crippen molar-refractivity contribution >= 4 is 28.5 Å². The number of nitrogens with zero attached hydrogens (tertiary/aromatic N) is 3. The number of carbonyl (C=O) groups excluding carboxylic acids is 2. The molecule has 31 heavy (non-hydrogen) atoms. The van der Waals surface area contributed by atoms with Gasteiger partial charge in [-0.15, -0.1) is 0 Å². The molecule has 8 nitrogen and oxygen atoms in total. The van der Waals surface area contributed by atoms with Gasteiger partial charge in [-0.2, -0.15) is 0 Å². The maximum atomic E-state index is 12.3. The number of fused-ring (bicyclic) bond motifs is 1. The second kappa shape index (κ2) is 8.50. The standard InChI is InChI=1S/C23H15N3O5/c27-22(16-9-11-18(12-10-16)26(29)30)14-31-23(28)17-7-5-15(6-8-17)21-13-24-19-3-1-2-4-20(19)25-21/h1-13H,14H2. The molecule has 0 aliphatic carbocycles. The summed E-state index contributed by atoms with van der Waals surface area (Å²) >= 11 is 0. The van der Waals surface area contributed by atoms with E-state index in [9.17, 15) is 19.7 Å². The number of non-ortho nitro benzene ring substituents is 1. The van der Waals surface area contributed by atoms with Gasteiger partial charge in [-0.3, -0.25) is 19.9 Å². The highest BCUT2D eigenvalue weighted by molar-refractivity contribution is 5.99. The first-order valence-corrected chi connectivity index (χ1v) is 9.28. The van der Waals surface area contributed by atoms with Gasteiger partial charge in [-0.05, 0) is 36.4 Å². The van der Waals surface area contributed by atoms with Crippen molar-refractivity contribution in [2.75, 3.05) is 6.61 Å². The smallest absolute Gasteiger partial charge is 0.338 e. The fraction of sp³-hybridized carbons (Fsp3) is 0.0435. The highest BCUT2D eigenvalue weighted by atomic mass is 16.6. The van der Waals surface area contributed by atoms with Gasteiger partial charge in [-0.25, -0.2) is 9.78 Å². The van der Waals surface area contributed by atoms with Crippen molar-refractivity contribution < 1.29 is 19.2 Å². The van der Waals surface area contributed by atoms with Crippen LogP contribution in [0.1, 0.15) is 20.7 Å². The zero-order chi connectivity index (χ0) is 21.8. The fourth-order valence-electron chi connectivity index (χ4n) is 2.94. The first-order valence-electron chi connectivity index (χ1n) is 9.28. The van der Waals surface area contributed by atoms with Gasteiger partial charge in [0, 0.05) is 23.3 Å². The molecular formula is C23H15N3O5. The maximum Gasteiger partial charge on any atom is 0.338 e. The largest absolute Gasteiger partial charge is 0.454 e. The van der Waals surface area contributed by atoms with E-state index in [1.807, 2.05) is 24.3 Å². The zero-order valence-electron chi connectivity index (χ0n) is 16.1. The second-order valence-electron chi connectivity index (χ2n) is 6.62. The highest BCUT2D eigenvalue weighted by Gasteiger charge is 2.14. The van der Waals surface area contributed by atoms with Crippen LogP contribution in [0.2, 0.25) is 0 Å². The Bertz CT molecular complexity index is 1280. The summed E-state index contributed by atoms with van der Waals surface area (Å²) in [5.41, 5.74) is 3.42. The van der Waals surface area contributed by atoms with Gasteiger partial charge < -0.3 is 4.74 Å². The monoisotopic (exact) mass is 413 g/mol. The number of hydrogen-bond acceptors (Lipinski definition) is 7. The minimum absolute atomic E-state index is 0.121. The Labute approximate surface area is 176 Å². The molecule has 0 aliphatic rings. The number of nitro benzene ring substituents is 1. The molecule has 0 saturated heterocycles. The third kappa shape index (κ3) is 4.43. The SMILES string of the molecule is O=C(COC(=O)c1ccc(-c2cnc3ccccc3n2)cc1)c1ccc([N+](=O)[O-])cc1. The molecule has 4 aromatic rings. The number of rotatable bonds is 6. The van der Waals surface area contributed by atoms with E-state index in [2.05, 4.69) is 9.97 Å². The van der Waals surface area contributed by atoms with Crippen LogP contribution < -0.4 is 0 Å². The Morgan fingerprint density at radius 3 is 2.19 bits per heavy atom. The molecule has 0 N–H and O–H groups in total. The number of benzene rings is 3. The molecule has 0 fully saturated rings. The molecule has 4 rings (SSSR count). The molecule has 0 unspecified atom stereocenters. The minimum atomic E-state index is -0.647. The fourth-order valence-corrected chi connectivity index (χ4v) is 2.94. The highest BCUT2D eigenvalue weighted by Crippen LogP contribution is 2.20. The molecule has 152 valence electrons. The Kier molecular flexibility index (Phi) is 5.44. The Morgan fingerprint density at radius 2 is 1.52 bits per heavy atom. The average Bonchev–Trinajstić information content (AvgIpc) is 2.82. The molecule has 0 bridgehead atoms. The summed E-state index contributed by atoms with van der Waals surface area (Å²) in [6.45, 7) is -0.464. The summed E-state index contributed by atoms with van der Waals surface area (Å²) in [5, 5.41) is 10.7. The van der Waals surface area contributed by atoms with Crippen molar-refractivity contribution in [3.05, 3.63) is 100 Å². The molecule has 0 atom stereocenters. The molecule has 1 aromatic heterocycles. The lowest BCUT2D eigenvalue weighted by Crippen LogP contribution is -2.14. The first kappa shape index (κ1) is 19.8. The number of nitro groups is 1. The molecule has 0 aliphatic heterocycles. The van der Waals surface area contributed by atoms with Crippen molar-refractivity contribution in [3.8, 4) is 11.3 Å². The van der Waals surface area contributed by atoms with Gasteiger partial charge in [0.2, 0.25) is 0 Å². The number of ether oxygens (including phenoxy) is 1. The van der Waals surface area contributed by atoms with Crippen LogP contribution in [0.25, 0.3) is 22.3 Å². The molecule has 0 amide bonds. The van der Waals surface area contributed by atoms with Gasteiger partial charge in [0.25, 0.3) is 5.69 Å². The van der Waals surface area contributed by atoms with Crippen LogP contribution in [-0.4, -0.2) is 33.3 Å².